The summed E-state index contributed by atoms with van der Waals surface area (Å²) in [7, 11) is -2.93. The zero-order valence-corrected chi connectivity index (χ0v) is 30.6. The van der Waals surface area contributed by atoms with Crippen LogP contribution in [0.2, 0.25) is 0 Å². The summed E-state index contributed by atoms with van der Waals surface area (Å²) in [5.74, 6) is 1.68. The number of fused-ring (bicyclic) bond motifs is 10. The Kier molecular flexibility index (Phi) is 6.32. The monoisotopic (exact) mass is 693 g/mol. The molecule has 0 fully saturated rings. The van der Waals surface area contributed by atoms with E-state index in [1.165, 1.54) is 59.7 Å². The quantitative estimate of drug-likeness (QED) is 0.173. The smallest absolute Gasteiger partial charge is 0.203 e. The van der Waals surface area contributed by atoms with Crippen molar-refractivity contribution in [1.29, 1.82) is 0 Å². The molecule has 250 valence electrons. The third kappa shape index (κ3) is 3.99. The first-order chi connectivity index (χ1) is 26.1. The fourth-order valence-electron chi connectivity index (χ4n) is 9.59. The summed E-state index contributed by atoms with van der Waals surface area (Å²) < 4.78 is 2.49. The van der Waals surface area contributed by atoms with E-state index >= 15 is 0 Å². The molecule has 0 saturated heterocycles. The van der Waals surface area contributed by atoms with Gasteiger partial charge in [-0.15, -0.1) is 0 Å². The third-order valence-electron chi connectivity index (χ3n) is 11.9. The molecule has 0 atom stereocenters. The van der Waals surface area contributed by atoms with Gasteiger partial charge >= 0.3 is 0 Å². The molecule has 0 amide bonds. The Morgan fingerprint density at radius 2 is 1.09 bits per heavy atom. The van der Waals surface area contributed by atoms with Crippen LogP contribution in [0.1, 0.15) is 25.0 Å². The standard InChI is InChI=1S/C49H35N3Si/c1-49(2)39-27-15-12-25-37(39)43-40(49)31-30-36-35-24-13-16-28-41(35)52(45(36)43)47-44-38-26-14-17-29-42(38)53(33-20-8-4-9-21-33,34-22-10-5-11-23-34)48(44)51-46(50-47)32-18-6-3-7-19-32/h3-31H,1-2H3. The molecule has 53 heavy (non-hydrogen) atoms. The molecule has 4 heteroatoms. The minimum Gasteiger partial charge on any atom is -0.293 e. The Balaban J connectivity index is 1.37. The zero-order chi connectivity index (χ0) is 35.3. The molecule has 0 spiro atoms. The van der Waals surface area contributed by atoms with Crippen LogP contribution in [-0.4, -0.2) is 22.6 Å². The van der Waals surface area contributed by atoms with Crippen molar-refractivity contribution < 1.29 is 0 Å². The molecule has 0 saturated carbocycles. The summed E-state index contributed by atoms with van der Waals surface area (Å²) in [6.07, 6.45) is 0. The summed E-state index contributed by atoms with van der Waals surface area (Å²) in [4.78, 5) is 11.4. The second-order valence-corrected chi connectivity index (χ2v) is 18.6. The van der Waals surface area contributed by atoms with Gasteiger partial charge in [-0.3, -0.25) is 4.57 Å². The van der Waals surface area contributed by atoms with E-state index in [2.05, 4.69) is 194 Å². The predicted molar refractivity (Wildman–Crippen MR) is 222 cm³/mol. The number of nitrogens with zero attached hydrogens (tertiary/aromatic N) is 3. The summed E-state index contributed by atoms with van der Waals surface area (Å²) in [5, 5.41) is 7.59. The Morgan fingerprint density at radius 1 is 0.491 bits per heavy atom. The molecule has 2 aliphatic rings. The molecular formula is C49H35N3Si. The van der Waals surface area contributed by atoms with Gasteiger partial charge in [0.05, 0.1) is 16.4 Å². The number of hydrogen-bond donors (Lipinski definition) is 0. The molecule has 2 aromatic heterocycles. The van der Waals surface area contributed by atoms with Gasteiger partial charge in [-0.2, -0.15) is 0 Å². The van der Waals surface area contributed by atoms with Crippen molar-refractivity contribution in [1.82, 2.24) is 14.5 Å². The average molecular weight is 694 g/mol. The number of rotatable bonds is 4. The highest BCUT2D eigenvalue weighted by Gasteiger charge is 2.52. The molecule has 7 aromatic carbocycles. The second kappa shape index (κ2) is 11.1. The lowest BCUT2D eigenvalue weighted by atomic mass is 9.82. The first kappa shape index (κ1) is 30.3. The summed E-state index contributed by atoms with van der Waals surface area (Å²) in [6, 6.07) is 64.4. The normalized spacial score (nSPS) is 14.5. The van der Waals surface area contributed by atoms with Crippen molar-refractivity contribution in [2.45, 2.75) is 19.3 Å². The van der Waals surface area contributed by atoms with Crippen molar-refractivity contribution in [2.24, 2.45) is 0 Å². The summed E-state index contributed by atoms with van der Waals surface area (Å²) >= 11 is 0. The van der Waals surface area contributed by atoms with E-state index in [4.69, 9.17) is 9.97 Å². The second-order valence-electron chi connectivity index (χ2n) is 14.9. The molecule has 0 radical (unpaired) electrons. The summed E-state index contributed by atoms with van der Waals surface area (Å²) in [6.45, 7) is 4.73. The van der Waals surface area contributed by atoms with E-state index in [1.807, 2.05) is 0 Å². The van der Waals surface area contributed by atoms with Crippen LogP contribution in [0.4, 0.5) is 0 Å². The highest BCUT2D eigenvalue weighted by atomic mass is 28.3. The Bertz CT molecular complexity index is 2870. The van der Waals surface area contributed by atoms with Gasteiger partial charge in [-0.05, 0) is 43.9 Å². The molecule has 1 aliphatic heterocycles. The number of aromatic nitrogens is 3. The van der Waals surface area contributed by atoms with Crippen LogP contribution < -0.4 is 20.9 Å². The predicted octanol–water partition coefficient (Wildman–Crippen LogP) is 8.90. The lowest BCUT2D eigenvalue weighted by molar-refractivity contribution is 0.661. The van der Waals surface area contributed by atoms with Crippen molar-refractivity contribution in [3.63, 3.8) is 0 Å². The Hall–Kier alpha value is -6.36. The van der Waals surface area contributed by atoms with Crippen LogP contribution in [0.3, 0.4) is 0 Å². The fourth-order valence-corrected chi connectivity index (χ4v) is 14.6. The summed E-state index contributed by atoms with van der Waals surface area (Å²) in [5.41, 5.74) is 10.9. The lowest BCUT2D eigenvalue weighted by Gasteiger charge is -2.30. The molecule has 0 bridgehead atoms. The van der Waals surface area contributed by atoms with Gasteiger partial charge in [0.2, 0.25) is 8.07 Å². The van der Waals surface area contributed by atoms with E-state index in [1.54, 1.807) is 0 Å². The SMILES string of the molecule is CC1(C)c2ccccc2-c2c1ccc1c3ccccc3n(-c3nc(-c4ccccc4)nc4c3-c3ccccc3[Si]4(c3ccccc3)c3ccccc3)c21. The first-order valence-electron chi connectivity index (χ1n) is 18.4. The molecular weight excluding hydrogens is 659 g/mol. The topological polar surface area (TPSA) is 30.7 Å². The van der Waals surface area contributed by atoms with Gasteiger partial charge in [0, 0.05) is 32.9 Å². The van der Waals surface area contributed by atoms with E-state index in [-0.39, 0.29) is 5.41 Å². The highest BCUT2D eigenvalue weighted by Crippen LogP contribution is 2.53. The van der Waals surface area contributed by atoms with Crippen LogP contribution in [0, 0.1) is 0 Å². The maximum Gasteiger partial charge on any atom is 0.203 e. The molecule has 3 heterocycles. The zero-order valence-electron chi connectivity index (χ0n) is 29.6. The largest absolute Gasteiger partial charge is 0.293 e. The fraction of sp³-hybridized carbons (Fsp3) is 0.0612. The van der Waals surface area contributed by atoms with Crippen LogP contribution in [0.15, 0.2) is 176 Å². The van der Waals surface area contributed by atoms with Gasteiger partial charge in [-0.1, -0.05) is 184 Å². The third-order valence-corrected chi connectivity index (χ3v) is 16.6. The minimum absolute atomic E-state index is 0.139. The Labute approximate surface area is 309 Å². The van der Waals surface area contributed by atoms with E-state index in [0.29, 0.717) is 0 Å². The van der Waals surface area contributed by atoms with Crippen LogP contribution in [0.25, 0.3) is 61.3 Å². The molecule has 3 nitrogen and oxygen atoms in total. The Morgan fingerprint density at radius 3 is 1.83 bits per heavy atom. The average Bonchev–Trinajstić information content (AvgIpc) is 3.80. The van der Waals surface area contributed by atoms with Crippen molar-refractivity contribution in [3.05, 3.63) is 187 Å². The van der Waals surface area contributed by atoms with Crippen molar-refractivity contribution in [2.75, 3.05) is 0 Å². The van der Waals surface area contributed by atoms with Gasteiger partial charge in [0.25, 0.3) is 0 Å². The van der Waals surface area contributed by atoms with Crippen LogP contribution in [-0.2, 0) is 5.41 Å². The van der Waals surface area contributed by atoms with Gasteiger partial charge in [0.15, 0.2) is 5.82 Å². The van der Waals surface area contributed by atoms with Crippen molar-refractivity contribution in [3.8, 4) is 39.5 Å². The molecule has 0 N–H and O–H groups in total. The number of benzene rings is 7. The number of para-hydroxylation sites is 1. The van der Waals surface area contributed by atoms with Gasteiger partial charge in [0.1, 0.15) is 5.82 Å². The molecule has 11 rings (SSSR count). The molecule has 1 aliphatic carbocycles. The first-order valence-corrected chi connectivity index (χ1v) is 20.4. The van der Waals surface area contributed by atoms with Gasteiger partial charge in [-0.25, -0.2) is 9.97 Å². The van der Waals surface area contributed by atoms with E-state index in [0.717, 1.165) is 33.6 Å². The molecule has 0 unspecified atom stereocenters. The van der Waals surface area contributed by atoms with E-state index < -0.39 is 8.07 Å². The van der Waals surface area contributed by atoms with E-state index in [9.17, 15) is 0 Å². The highest BCUT2D eigenvalue weighted by molar-refractivity contribution is 7.21. The lowest BCUT2D eigenvalue weighted by Crippen LogP contribution is -2.73. The molecule has 9 aromatic rings. The van der Waals surface area contributed by atoms with Crippen LogP contribution >= 0.6 is 0 Å². The van der Waals surface area contributed by atoms with Gasteiger partial charge < -0.3 is 0 Å². The maximum atomic E-state index is 5.74. The van der Waals surface area contributed by atoms with Crippen LogP contribution in [0.5, 0.6) is 0 Å². The maximum absolute atomic E-state index is 5.74. The minimum atomic E-state index is -2.93. The van der Waals surface area contributed by atoms with Crippen molar-refractivity contribution >= 4 is 50.8 Å². The number of hydrogen-bond acceptors (Lipinski definition) is 2.